The van der Waals surface area contributed by atoms with Gasteiger partial charge in [0.25, 0.3) is 0 Å². The Bertz CT molecular complexity index is 471. The van der Waals surface area contributed by atoms with E-state index in [1.165, 1.54) is 12.1 Å². The first-order valence-corrected chi connectivity index (χ1v) is 6.25. The molecule has 1 rings (SSSR count). The molecule has 0 saturated carbocycles. The Morgan fingerprint density at radius 2 is 2.00 bits per heavy atom. The number of aliphatic hydroxyl groups excluding tert-OH is 1. The van der Waals surface area contributed by atoms with Gasteiger partial charge in [-0.15, -0.1) is 0 Å². The lowest BCUT2D eigenvalue weighted by Crippen LogP contribution is -2.43. The minimum absolute atomic E-state index is 0.0161. The van der Waals surface area contributed by atoms with E-state index in [1.807, 2.05) is 0 Å². The van der Waals surface area contributed by atoms with Crippen molar-refractivity contribution in [3.05, 3.63) is 30.3 Å². The van der Waals surface area contributed by atoms with Gasteiger partial charge in [0.1, 0.15) is 6.04 Å². The highest BCUT2D eigenvalue weighted by molar-refractivity contribution is 7.89. The summed E-state index contributed by atoms with van der Waals surface area (Å²) in [6, 6.07) is 6.25. The Balaban J connectivity index is 2.90. The second-order valence-corrected chi connectivity index (χ2v) is 4.91. The van der Waals surface area contributed by atoms with Crippen molar-refractivity contribution in [1.82, 2.24) is 4.72 Å². The molecule has 0 fully saturated rings. The van der Waals surface area contributed by atoms with Crippen LogP contribution < -0.4 is 4.72 Å². The molecule has 1 aromatic carbocycles. The number of sulfonamides is 1. The molecule has 94 valence electrons. The van der Waals surface area contributed by atoms with Gasteiger partial charge in [-0.25, -0.2) is 8.42 Å². The number of methoxy groups -OCH3 is 1. The molecule has 0 aromatic heterocycles. The van der Waals surface area contributed by atoms with Crippen LogP contribution in [0.25, 0.3) is 0 Å². The van der Waals surface area contributed by atoms with Crippen molar-refractivity contribution in [3.8, 4) is 0 Å². The quantitative estimate of drug-likeness (QED) is 0.695. The first kappa shape index (κ1) is 13.6. The van der Waals surface area contributed by atoms with Gasteiger partial charge in [-0.05, 0) is 12.1 Å². The van der Waals surface area contributed by atoms with Crippen LogP contribution in [0.1, 0.15) is 0 Å². The average molecular weight is 259 g/mol. The monoisotopic (exact) mass is 259 g/mol. The molecule has 2 N–H and O–H groups in total. The third kappa shape index (κ3) is 3.52. The zero-order valence-corrected chi connectivity index (χ0v) is 9.98. The van der Waals surface area contributed by atoms with Crippen molar-refractivity contribution >= 4 is 16.0 Å². The Labute approximate surface area is 99.3 Å². The molecule has 0 amide bonds. The molecule has 7 heteroatoms. The predicted octanol–water partition coefficient (Wildman–Crippen LogP) is -0.501. The number of carbonyl (C=O) groups is 1. The Kier molecular flexibility index (Phi) is 4.62. The first-order valence-electron chi connectivity index (χ1n) is 4.77. The number of hydrogen-bond acceptors (Lipinski definition) is 5. The van der Waals surface area contributed by atoms with Gasteiger partial charge in [-0.3, -0.25) is 4.79 Å². The minimum Gasteiger partial charge on any atom is -0.468 e. The second kappa shape index (κ2) is 5.76. The fourth-order valence-corrected chi connectivity index (χ4v) is 2.35. The number of rotatable bonds is 5. The van der Waals surface area contributed by atoms with Crippen molar-refractivity contribution in [2.45, 2.75) is 10.9 Å². The van der Waals surface area contributed by atoms with Crippen LogP contribution in [-0.2, 0) is 19.6 Å². The van der Waals surface area contributed by atoms with Crippen molar-refractivity contribution < 1.29 is 23.1 Å². The molecular weight excluding hydrogens is 246 g/mol. The normalized spacial score (nSPS) is 13.1. The number of nitrogens with one attached hydrogen (secondary N) is 1. The van der Waals surface area contributed by atoms with E-state index < -0.39 is 28.6 Å². The molecule has 17 heavy (non-hydrogen) atoms. The summed E-state index contributed by atoms with van der Waals surface area (Å²) in [5.74, 6) is -0.841. The Morgan fingerprint density at radius 3 is 2.47 bits per heavy atom. The Hall–Kier alpha value is -1.44. The number of hydrogen-bond donors (Lipinski definition) is 2. The summed E-state index contributed by atoms with van der Waals surface area (Å²) in [6.07, 6.45) is 0. The van der Waals surface area contributed by atoms with Gasteiger partial charge in [0.05, 0.1) is 18.6 Å². The smallest absolute Gasteiger partial charge is 0.326 e. The third-order valence-electron chi connectivity index (χ3n) is 2.02. The van der Waals surface area contributed by atoms with Crippen molar-refractivity contribution in [1.29, 1.82) is 0 Å². The highest BCUT2D eigenvalue weighted by Crippen LogP contribution is 2.08. The van der Waals surface area contributed by atoms with Gasteiger partial charge in [0.15, 0.2) is 0 Å². The zero-order chi connectivity index (χ0) is 12.9. The summed E-state index contributed by atoms with van der Waals surface area (Å²) in [5.41, 5.74) is 0. The first-order chi connectivity index (χ1) is 8.01. The maximum Gasteiger partial charge on any atom is 0.326 e. The van der Waals surface area contributed by atoms with Crippen LogP contribution in [0.4, 0.5) is 0 Å². The summed E-state index contributed by atoms with van der Waals surface area (Å²) in [6.45, 7) is -0.668. The maximum atomic E-state index is 11.8. The lowest BCUT2D eigenvalue weighted by Gasteiger charge is -2.13. The lowest BCUT2D eigenvalue weighted by atomic mass is 10.3. The fourth-order valence-electron chi connectivity index (χ4n) is 1.16. The van der Waals surface area contributed by atoms with Crippen LogP contribution in [0.5, 0.6) is 0 Å². The van der Waals surface area contributed by atoms with Crippen LogP contribution in [-0.4, -0.2) is 39.3 Å². The second-order valence-electron chi connectivity index (χ2n) is 3.19. The van der Waals surface area contributed by atoms with E-state index in [0.717, 1.165) is 7.11 Å². The summed E-state index contributed by atoms with van der Waals surface area (Å²) < 4.78 is 30.0. The average Bonchev–Trinajstić information content (AvgIpc) is 2.36. The van der Waals surface area contributed by atoms with Crippen LogP contribution in [0, 0.1) is 0 Å². The topological polar surface area (TPSA) is 92.7 Å². The molecule has 0 unspecified atom stereocenters. The van der Waals surface area contributed by atoms with Crippen LogP contribution in [0.15, 0.2) is 35.2 Å². The molecule has 1 atom stereocenters. The SMILES string of the molecule is COC(=O)[C@H](CO)NS(=O)(=O)c1ccccc1. The summed E-state index contributed by atoms with van der Waals surface area (Å²) in [4.78, 5) is 11.2. The van der Waals surface area contributed by atoms with Gasteiger partial charge in [0, 0.05) is 0 Å². The molecule has 0 bridgehead atoms. The van der Waals surface area contributed by atoms with Gasteiger partial charge >= 0.3 is 5.97 Å². The molecule has 0 aliphatic carbocycles. The minimum atomic E-state index is -3.84. The Morgan fingerprint density at radius 1 is 1.41 bits per heavy atom. The van der Waals surface area contributed by atoms with Crippen molar-refractivity contribution in [2.24, 2.45) is 0 Å². The van der Waals surface area contributed by atoms with Crippen molar-refractivity contribution in [2.75, 3.05) is 13.7 Å². The van der Waals surface area contributed by atoms with E-state index in [0.29, 0.717) is 0 Å². The fraction of sp³-hybridized carbons (Fsp3) is 0.300. The number of benzene rings is 1. The van der Waals surface area contributed by atoms with Crippen LogP contribution >= 0.6 is 0 Å². The number of carbonyl (C=O) groups excluding carboxylic acids is 1. The van der Waals surface area contributed by atoms with Crippen LogP contribution in [0.2, 0.25) is 0 Å². The standard InChI is InChI=1S/C10H13NO5S/c1-16-10(13)9(7-12)11-17(14,15)8-5-3-2-4-6-8/h2-6,9,11-12H,7H2,1H3/t9-/m0/s1. The van der Waals surface area contributed by atoms with E-state index in [4.69, 9.17) is 5.11 Å². The molecule has 1 aromatic rings. The van der Waals surface area contributed by atoms with E-state index in [-0.39, 0.29) is 4.90 Å². The van der Waals surface area contributed by atoms with Gasteiger partial charge in [-0.1, -0.05) is 18.2 Å². The van der Waals surface area contributed by atoms with Gasteiger partial charge in [-0.2, -0.15) is 4.72 Å². The predicted molar refractivity (Wildman–Crippen MR) is 59.7 cm³/mol. The van der Waals surface area contributed by atoms with E-state index in [2.05, 4.69) is 9.46 Å². The van der Waals surface area contributed by atoms with Gasteiger partial charge in [0.2, 0.25) is 10.0 Å². The molecule has 0 aliphatic heterocycles. The lowest BCUT2D eigenvalue weighted by molar-refractivity contribution is -0.143. The zero-order valence-electron chi connectivity index (χ0n) is 9.16. The molecule has 0 heterocycles. The highest BCUT2D eigenvalue weighted by atomic mass is 32.2. The molecule has 0 spiro atoms. The number of ether oxygens (including phenoxy) is 1. The molecular formula is C10H13NO5S. The van der Waals surface area contributed by atoms with Crippen molar-refractivity contribution in [3.63, 3.8) is 0 Å². The molecule has 0 aliphatic rings. The number of aliphatic hydroxyl groups is 1. The molecule has 0 saturated heterocycles. The van der Waals surface area contributed by atoms with E-state index in [9.17, 15) is 13.2 Å². The summed E-state index contributed by atoms with van der Waals surface area (Å²) in [5, 5.41) is 8.91. The summed E-state index contributed by atoms with van der Waals surface area (Å²) >= 11 is 0. The molecule has 0 radical (unpaired) electrons. The van der Waals surface area contributed by atoms with Crippen LogP contribution in [0.3, 0.4) is 0 Å². The van der Waals surface area contributed by atoms with E-state index >= 15 is 0 Å². The number of esters is 1. The largest absolute Gasteiger partial charge is 0.468 e. The molecule has 6 nitrogen and oxygen atoms in total. The highest BCUT2D eigenvalue weighted by Gasteiger charge is 2.25. The van der Waals surface area contributed by atoms with E-state index in [1.54, 1.807) is 18.2 Å². The summed E-state index contributed by atoms with van der Waals surface area (Å²) in [7, 11) is -2.72. The van der Waals surface area contributed by atoms with Gasteiger partial charge < -0.3 is 9.84 Å². The third-order valence-corrected chi connectivity index (χ3v) is 3.51. The maximum absolute atomic E-state index is 11.8.